The van der Waals surface area contributed by atoms with Crippen LogP contribution in [0.3, 0.4) is 0 Å². The fourth-order valence-electron chi connectivity index (χ4n) is 3.19. The van der Waals surface area contributed by atoms with Crippen molar-refractivity contribution in [2.45, 2.75) is 45.6 Å². The molecule has 0 N–H and O–H groups in total. The van der Waals surface area contributed by atoms with Crippen LogP contribution in [-0.2, 0) is 6.54 Å². The first kappa shape index (κ1) is 14.1. The van der Waals surface area contributed by atoms with Crippen LogP contribution in [0.15, 0.2) is 17.1 Å². The normalized spacial score (nSPS) is 23.6. The summed E-state index contributed by atoms with van der Waals surface area (Å²) in [5.74, 6) is 0.673. The molecule has 1 unspecified atom stereocenters. The monoisotopic (exact) mass is 286 g/mol. The third kappa shape index (κ3) is 3.10. The van der Waals surface area contributed by atoms with Gasteiger partial charge in [0.1, 0.15) is 0 Å². The Labute approximate surface area is 125 Å². The Morgan fingerprint density at radius 1 is 1.52 bits per heavy atom. The molecule has 0 aromatic carbocycles. The summed E-state index contributed by atoms with van der Waals surface area (Å²) in [5, 5.41) is 13.2. The molecule has 112 valence electrons. The minimum Gasteiger partial charge on any atom is -0.370 e. The van der Waals surface area contributed by atoms with E-state index < -0.39 is 0 Å². The molecule has 2 fully saturated rings. The van der Waals surface area contributed by atoms with Gasteiger partial charge < -0.3 is 4.90 Å². The Balaban J connectivity index is 1.74. The van der Waals surface area contributed by atoms with Crippen molar-refractivity contribution in [1.29, 1.82) is 5.26 Å². The van der Waals surface area contributed by atoms with Crippen molar-refractivity contribution < 1.29 is 0 Å². The highest BCUT2D eigenvalue weighted by Gasteiger charge is 2.43. The molecule has 1 atom stereocenters. The van der Waals surface area contributed by atoms with Crippen molar-refractivity contribution in [3.8, 4) is 6.07 Å². The van der Waals surface area contributed by atoms with Gasteiger partial charge in [0.05, 0.1) is 24.5 Å². The third-order valence-corrected chi connectivity index (χ3v) is 4.77. The second kappa shape index (κ2) is 5.51. The van der Waals surface area contributed by atoms with Crippen LogP contribution in [0.5, 0.6) is 0 Å². The molecule has 1 aromatic rings. The van der Waals surface area contributed by atoms with Crippen molar-refractivity contribution in [2.75, 3.05) is 18.0 Å². The zero-order valence-electron chi connectivity index (χ0n) is 12.6. The average Bonchev–Trinajstić information content (AvgIpc) is 3.21. The van der Waals surface area contributed by atoms with Crippen molar-refractivity contribution in [3.05, 3.63) is 22.6 Å². The molecule has 5 heteroatoms. The van der Waals surface area contributed by atoms with E-state index in [0.29, 0.717) is 18.9 Å². The fourth-order valence-corrected chi connectivity index (χ4v) is 3.19. The lowest BCUT2D eigenvalue weighted by molar-refractivity contribution is 0.390. The largest absolute Gasteiger partial charge is 0.370 e. The van der Waals surface area contributed by atoms with E-state index in [-0.39, 0.29) is 11.0 Å². The molecule has 0 bridgehead atoms. The van der Waals surface area contributed by atoms with Gasteiger partial charge in [0.15, 0.2) is 0 Å². The first-order chi connectivity index (χ1) is 10.1. The van der Waals surface area contributed by atoms with Gasteiger partial charge in [-0.25, -0.2) is 4.68 Å². The van der Waals surface area contributed by atoms with Gasteiger partial charge >= 0.3 is 0 Å². The van der Waals surface area contributed by atoms with Crippen LogP contribution in [0.4, 0.5) is 5.69 Å². The minimum atomic E-state index is -0.0464. The summed E-state index contributed by atoms with van der Waals surface area (Å²) < 4.78 is 1.53. The average molecular weight is 286 g/mol. The summed E-state index contributed by atoms with van der Waals surface area (Å²) in [4.78, 5) is 14.5. The van der Waals surface area contributed by atoms with Crippen molar-refractivity contribution in [2.24, 2.45) is 11.3 Å². The number of nitriles is 1. The summed E-state index contributed by atoms with van der Waals surface area (Å²) >= 11 is 0. The number of nitrogens with zero attached hydrogens (tertiary/aromatic N) is 4. The summed E-state index contributed by atoms with van der Waals surface area (Å²) in [5.41, 5.74) is 0.898. The molecule has 0 radical (unpaired) electrons. The van der Waals surface area contributed by atoms with Crippen LogP contribution >= 0.6 is 0 Å². The Bertz CT molecular complexity index is 611. The van der Waals surface area contributed by atoms with Gasteiger partial charge in [-0.2, -0.15) is 10.4 Å². The summed E-state index contributed by atoms with van der Waals surface area (Å²) in [7, 11) is 0. The lowest BCUT2D eigenvalue weighted by atomic mass is 10.00. The first-order valence-electron chi connectivity index (χ1n) is 7.81. The van der Waals surface area contributed by atoms with E-state index in [0.717, 1.165) is 31.6 Å². The molecule has 5 nitrogen and oxygen atoms in total. The Hall–Kier alpha value is -1.83. The Morgan fingerprint density at radius 3 is 2.95 bits per heavy atom. The summed E-state index contributed by atoms with van der Waals surface area (Å²) in [6.07, 6.45) is 6.82. The highest BCUT2D eigenvalue weighted by molar-refractivity contribution is 5.43. The van der Waals surface area contributed by atoms with Gasteiger partial charge in [-0.05, 0) is 31.6 Å². The number of hydrogen-bond acceptors (Lipinski definition) is 4. The van der Waals surface area contributed by atoms with Crippen molar-refractivity contribution >= 4 is 5.69 Å². The van der Waals surface area contributed by atoms with Crippen LogP contribution in [0, 0.1) is 22.7 Å². The maximum atomic E-state index is 12.3. The number of rotatable bonds is 4. The van der Waals surface area contributed by atoms with Crippen LogP contribution in [0.25, 0.3) is 0 Å². The quantitative estimate of drug-likeness (QED) is 0.851. The molecule has 0 amide bonds. The zero-order valence-corrected chi connectivity index (χ0v) is 12.6. The molecule has 0 spiro atoms. The van der Waals surface area contributed by atoms with Gasteiger partial charge in [0.25, 0.3) is 5.56 Å². The predicted octanol–water partition coefficient (Wildman–Crippen LogP) is 2.17. The van der Waals surface area contributed by atoms with E-state index in [9.17, 15) is 4.79 Å². The molecule has 1 aromatic heterocycles. The third-order valence-electron chi connectivity index (χ3n) is 4.77. The van der Waals surface area contributed by atoms with Gasteiger partial charge in [-0.15, -0.1) is 0 Å². The van der Waals surface area contributed by atoms with E-state index in [1.807, 2.05) is 6.20 Å². The lowest BCUT2D eigenvalue weighted by Gasteiger charge is -2.32. The zero-order chi connectivity index (χ0) is 14.9. The van der Waals surface area contributed by atoms with Gasteiger partial charge in [0.2, 0.25) is 0 Å². The molecule has 1 saturated carbocycles. The van der Waals surface area contributed by atoms with Crippen molar-refractivity contribution in [1.82, 2.24) is 9.78 Å². The molecule has 2 heterocycles. The van der Waals surface area contributed by atoms with Crippen molar-refractivity contribution in [3.63, 3.8) is 0 Å². The topological polar surface area (TPSA) is 61.9 Å². The molecule has 3 rings (SSSR count). The van der Waals surface area contributed by atoms with Gasteiger partial charge in [-0.3, -0.25) is 4.79 Å². The standard InChI is InChI=1S/C16H22N4O/c1-13-3-2-8-19(11-13)14-9-15(21)20(18-10-14)12-16(4-5-16)6-7-17/h9-10,13H,2-6,8,11-12H2,1H3. The second-order valence-electron chi connectivity index (χ2n) is 6.74. The summed E-state index contributed by atoms with van der Waals surface area (Å²) in [6, 6.07) is 3.93. The lowest BCUT2D eigenvalue weighted by Crippen LogP contribution is -2.36. The predicted molar refractivity (Wildman–Crippen MR) is 81.0 cm³/mol. The SMILES string of the molecule is CC1CCCN(c2cnn(CC3(CC#N)CC3)c(=O)c2)C1. The minimum absolute atomic E-state index is 0.00668. The van der Waals surface area contributed by atoms with E-state index in [1.54, 1.807) is 6.07 Å². The first-order valence-corrected chi connectivity index (χ1v) is 7.81. The highest BCUT2D eigenvalue weighted by atomic mass is 16.1. The molecule has 1 saturated heterocycles. The van der Waals surface area contributed by atoms with E-state index in [4.69, 9.17) is 5.26 Å². The van der Waals surface area contributed by atoms with Crippen LogP contribution < -0.4 is 10.5 Å². The second-order valence-corrected chi connectivity index (χ2v) is 6.74. The van der Waals surface area contributed by atoms with E-state index in [1.165, 1.54) is 17.5 Å². The molecule has 2 aliphatic rings. The number of anilines is 1. The van der Waals surface area contributed by atoms with Crippen LogP contribution in [-0.4, -0.2) is 22.9 Å². The van der Waals surface area contributed by atoms with Crippen LogP contribution in [0.1, 0.15) is 39.0 Å². The van der Waals surface area contributed by atoms with E-state index >= 15 is 0 Å². The fraction of sp³-hybridized carbons (Fsp3) is 0.688. The van der Waals surface area contributed by atoms with Crippen LogP contribution in [0.2, 0.25) is 0 Å². The van der Waals surface area contributed by atoms with Gasteiger partial charge in [0, 0.05) is 31.0 Å². The molecule has 1 aliphatic carbocycles. The molecule has 1 aliphatic heterocycles. The molecule has 21 heavy (non-hydrogen) atoms. The molecular weight excluding hydrogens is 264 g/mol. The van der Waals surface area contributed by atoms with Gasteiger partial charge in [-0.1, -0.05) is 6.92 Å². The molecular formula is C16H22N4O. The smallest absolute Gasteiger partial charge is 0.268 e. The maximum Gasteiger partial charge on any atom is 0.268 e. The Kier molecular flexibility index (Phi) is 3.71. The van der Waals surface area contributed by atoms with E-state index in [2.05, 4.69) is 23.0 Å². The maximum absolute atomic E-state index is 12.3. The number of hydrogen-bond donors (Lipinski definition) is 0. The summed E-state index contributed by atoms with van der Waals surface area (Å²) in [6.45, 7) is 4.84. The number of piperidine rings is 1. The Morgan fingerprint density at radius 2 is 2.33 bits per heavy atom. The highest BCUT2D eigenvalue weighted by Crippen LogP contribution is 2.49. The number of aromatic nitrogens is 2.